The van der Waals surface area contributed by atoms with Crippen molar-refractivity contribution in [1.29, 1.82) is 5.26 Å². The standard InChI is InChI=1S/C7H5NO2/c1-2-6-10-7(9)4-3-5-8/h1,3-4H,6H2. The second kappa shape index (κ2) is 5.40. The Labute approximate surface area is 58.9 Å². The van der Waals surface area contributed by atoms with Crippen molar-refractivity contribution in [2.45, 2.75) is 0 Å². The van der Waals surface area contributed by atoms with Gasteiger partial charge in [0.05, 0.1) is 6.07 Å². The van der Waals surface area contributed by atoms with Gasteiger partial charge in [-0.25, -0.2) is 4.79 Å². The third-order valence-corrected chi connectivity index (χ3v) is 0.592. The van der Waals surface area contributed by atoms with E-state index in [9.17, 15) is 4.79 Å². The van der Waals surface area contributed by atoms with Gasteiger partial charge in [0.15, 0.2) is 6.61 Å². The monoisotopic (exact) mass is 135 g/mol. The molecule has 50 valence electrons. The zero-order valence-corrected chi connectivity index (χ0v) is 5.20. The van der Waals surface area contributed by atoms with Gasteiger partial charge in [0, 0.05) is 12.2 Å². The van der Waals surface area contributed by atoms with Crippen molar-refractivity contribution >= 4 is 5.97 Å². The van der Waals surface area contributed by atoms with Gasteiger partial charge in [0.1, 0.15) is 0 Å². The van der Waals surface area contributed by atoms with E-state index in [-0.39, 0.29) is 6.61 Å². The molecule has 0 heterocycles. The fourth-order valence-electron chi connectivity index (χ4n) is 0.266. The molecule has 0 aliphatic carbocycles. The zero-order valence-electron chi connectivity index (χ0n) is 5.20. The summed E-state index contributed by atoms with van der Waals surface area (Å²) in [7, 11) is 0. The molecule has 0 aromatic rings. The molecule has 0 unspecified atom stereocenters. The Bertz CT molecular complexity index is 217. The summed E-state index contributed by atoms with van der Waals surface area (Å²) in [5.41, 5.74) is 0. The van der Waals surface area contributed by atoms with Gasteiger partial charge in [-0.3, -0.25) is 0 Å². The van der Waals surface area contributed by atoms with Crippen molar-refractivity contribution in [3.05, 3.63) is 12.2 Å². The van der Waals surface area contributed by atoms with Gasteiger partial charge in [-0.15, -0.1) is 6.42 Å². The quantitative estimate of drug-likeness (QED) is 0.236. The number of esters is 1. The summed E-state index contributed by atoms with van der Waals surface area (Å²) in [6.45, 7) is -0.0609. The predicted molar refractivity (Wildman–Crippen MR) is 34.5 cm³/mol. The van der Waals surface area contributed by atoms with Crippen molar-refractivity contribution in [1.82, 2.24) is 0 Å². The highest BCUT2D eigenvalue weighted by Gasteiger charge is 1.91. The second-order valence-corrected chi connectivity index (χ2v) is 1.27. The Morgan fingerprint density at radius 1 is 1.80 bits per heavy atom. The molecule has 0 bridgehead atoms. The smallest absolute Gasteiger partial charge is 0.332 e. The number of ether oxygens (including phenoxy) is 1. The number of terminal acetylenes is 1. The van der Waals surface area contributed by atoms with Crippen LogP contribution in [0.15, 0.2) is 12.2 Å². The number of hydrogen-bond acceptors (Lipinski definition) is 3. The number of carbonyl (C=O) groups is 1. The average Bonchev–Trinajstić information content (AvgIpc) is 1.97. The lowest BCUT2D eigenvalue weighted by Crippen LogP contribution is -1.99. The molecule has 0 saturated heterocycles. The topological polar surface area (TPSA) is 50.1 Å². The molecule has 0 aromatic heterocycles. The Balaban J connectivity index is 3.59. The van der Waals surface area contributed by atoms with Crippen LogP contribution in [-0.2, 0) is 9.53 Å². The molecule has 0 radical (unpaired) electrons. The lowest BCUT2D eigenvalue weighted by Gasteiger charge is -1.90. The lowest BCUT2D eigenvalue weighted by molar-refractivity contribution is -0.136. The van der Waals surface area contributed by atoms with Gasteiger partial charge in [-0.05, 0) is 0 Å². The molecule has 0 aromatic carbocycles. The van der Waals surface area contributed by atoms with Crippen LogP contribution < -0.4 is 0 Å². The van der Waals surface area contributed by atoms with E-state index < -0.39 is 5.97 Å². The van der Waals surface area contributed by atoms with Crippen LogP contribution in [0.5, 0.6) is 0 Å². The maximum absolute atomic E-state index is 10.4. The molecular weight excluding hydrogens is 130 g/mol. The largest absolute Gasteiger partial charge is 0.449 e. The summed E-state index contributed by atoms with van der Waals surface area (Å²) in [6.07, 6.45) is 6.83. The first kappa shape index (κ1) is 8.26. The third-order valence-electron chi connectivity index (χ3n) is 0.592. The van der Waals surface area contributed by atoms with Gasteiger partial charge < -0.3 is 4.74 Å². The number of hydrogen-bond donors (Lipinski definition) is 0. The highest BCUT2D eigenvalue weighted by Crippen LogP contribution is 1.78. The molecule has 0 rings (SSSR count). The number of carbonyl (C=O) groups excluding carboxylic acids is 1. The summed E-state index contributed by atoms with van der Waals surface area (Å²) in [5.74, 6) is 1.52. The van der Waals surface area contributed by atoms with Crippen molar-refractivity contribution in [3.63, 3.8) is 0 Å². The average molecular weight is 135 g/mol. The second-order valence-electron chi connectivity index (χ2n) is 1.27. The SMILES string of the molecule is C#CCOC(=O)C=CC#N. The van der Waals surface area contributed by atoms with Crippen molar-refractivity contribution in [2.75, 3.05) is 6.61 Å². The van der Waals surface area contributed by atoms with E-state index in [1.54, 1.807) is 6.07 Å². The fraction of sp³-hybridized carbons (Fsp3) is 0.143. The van der Waals surface area contributed by atoms with Crippen molar-refractivity contribution < 1.29 is 9.53 Å². The minimum atomic E-state index is -0.598. The van der Waals surface area contributed by atoms with Crippen LogP contribution in [0.4, 0.5) is 0 Å². The van der Waals surface area contributed by atoms with Crippen molar-refractivity contribution in [2.24, 2.45) is 0 Å². The molecule has 0 amide bonds. The first-order valence-electron chi connectivity index (χ1n) is 2.47. The van der Waals surface area contributed by atoms with Crippen LogP contribution in [0.25, 0.3) is 0 Å². The minimum absolute atomic E-state index is 0.0609. The normalized spacial score (nSPS) is 8.20. The van der Waals surface area contributed by atoms with E-state index in [0.717, 1.165) is 12.2 Å². The Morgan fingerprint density at radius 2 is 2.50 bits per heavy atom. The molecule has 3 heteroatoms. The molecule has 0 N–H and O–H groups in total. The van der Waals surface area contributed by atoms with Crippen LogP contribution in [0, 0.1) is 23.7 Å². The maximum atomic E-state index is 10.4. The Kier molecular flexibility index (Phi) is 4.46. The molecule has 0 spiro atoms. The Morgan fingerprint density at radius 3 is 3.00 bits per heavy atom. The van der Waals surface area contributed by atoms with E-state index >= 15 is 0 Å². The maximum Gasteiger partial charge on any atom is 0.332 e. The summed E-state index contributed by atoms with van der Waals surface area (Å²) in [4.78, 5) is 10.4. The first-order chi connectivity index (χ1) is 4.81. The van der Waals surface area contributed by atoms with Crippen LogP contribution in [-0.4, -0.2) is 12.6 Å². The Hall–Kier alpha value is -1.74. The van der Waals surface area contributed by atoms with Gasteiger partial charge >= 0.3 is 5.97 Å². The highest BCUT2D eigenvalue weighted by molar-refractivity contribution is 5.82. The number of nitriles is 1. The lowest BCUT2D eigenvalue weighted by atomic mass is 10.5. The number of nitrogens with zero attached hydrogens (tertiary/aromatic N) is 1. The van der Waals surface area contributed by atoms with Crippen LogP contribution in [0.1, 0.15) is 0 Å². The minimum Gasteiger partial charge on any atom is -0.449 e. The first-order valence-corrected chi connectivity index (χ1v) is 2.47. The molecule has 0 aliphatic heterocycles. The highest BCUT2D eigenvalue weighted by atomic mass is 16.5. The molecule has 0 atom stereocenters. The van der Waals surface area contributed by atoms with E-state index in [4.69, 9.17) is 11.7 Å². The molecule has 0 saturated carbocycles. The predicted octanol–water partition coefficient (Wildman–Crippen LogP) is 0.243. The molecule has 0 aliphatic rings. The van der Waals surface area contributed by atoms with Gasteiger partial charge in [0.25, 0.3) is 0 Å². The van der Waals surface area contributed by atoms with E-state index in [0.29, 0.717) is 0 Å². The fourth-order valence-corrected chi connectivity index (χ4v) is 0.266. The molecular formula is C7H5NO2. The van der Waals surface area contributed by atoms with Gasteiger partial charge in [-0.2, -0.15) is 5.26 Å². The molecule has 10 heavy (non-hydrogen) atoms. The summed E-state index contributed by atoms with van der Waals surface area (Å²) in [6, 6.07) is 1.64. The van der Waals surface area contributed by atoms with Crippen LogP contribution >= 0.6 is 0 Å². The van der Waals surface area contributed by atoms with Crippen molar-refractivity contribution in [3.8, 4) is 18.4 Å². The van der Waals surface area contributed by atoms with Gasteiger partial charge in [-0.1, -0.05) is 5.92 Å². The molecule has 0 fully saturated rings. The van der Waals surface area contributed by atoms with E-state index in [1.165, 1.54) is 0 Å². The van der Waals surface area contributed by atoms with Crippen LogP contribution in [0.3, 0.4) is 0 Å². The summed E-state index contributed by atoms with van der Waals surface area (Å²) < 4.78 is 4.38. The third kappa shape index (κ3) is 4.42. The van der Waals surface area contributed by atoms with E-state index in [2.05, 4.69) is 10.7 Å². The number of rotatable bonds is 2. The number of allylic oxidation sites excluding steroid dienone is 1. The zero-order chi connectivity index (χ0) is 7.82. The van der Waals surface area contributed by atoms with E-state index in [1.807, 2.05) is 0 Å². The van der Waals surface area contributed by atoms with Crippen LogP contribution in [0.2, 0.25) is 0 Å². The molecule has 3 nitrogen and oxygen atoms in total. The summed E-state index contributed by atoms with van der Waals surface area (Å²) >= 11 is 0. The summed E-state index contributed by atoms with van der Waals surface area (Å²) in [5, 5.41) is 7.96. The van der Waals surface area contributed by atoms with Gasteiger partial charge in [0.2, 0.25) is 0 Å².